The first-order chi connectivity index (χ1) is 17.6. The minimum atomic E-state index is -0.329. The molecule has 2 aromatic heterocycles. The van der Waals surface area contributed by atoms with Crippen molar-refractivity contribution in [2.24, 2.45) is 7.05 Å². The average Bonchev–Trinajstić information content (AvgIpc) is 3.53. The van der Waals surface area contributed by atoms with Crippen LogP contribution in [0.1, 0.15) is 20.7 Å². The number of nitrogens with one attached hydrogen (secondary N) is 2. The fourth-order valence-electron chi connectivity index (χ4n) is 6.17. The standard InChI is InChI=1S/C28H27N5O3/c1-31-10-7-16-3-5-19-22(25(16)31)24-23(27(34)30-28(24)35)21-18-6-4-17(36-2)15-20(18)33(26(19)21)14-13-32-11-8-29-9-12-32/h3-7,10,15,29H,8-9,11-14H2,1-2H3,(H,30,34,35). The van der Waals surface area contributed by atoms with Crippen molar-refractivity contribution in [2.75, 3.05) is 39.8 Å². The normalized spacial score (nSPS) is 16.5. The molecule has 8 nitrogen and oxygen atoms in total. The predicted octanol–water partition coefficient (Wildman–Crippen LogP) is 3.24. The fraction of sp³-hybridized carbons (Fsp3) is 0.286. The number of piperazine rings is 1. The number of hydrogen-bond acceptors (Lipinski definition) is 5. The van der Waals surface area contributed by atoms with E-state index in [-0.39, 0.29) is 11.8 Å². The van der Waals surface area contributed by atoms with E-state index in [1.807, 2.05) is 42.1 Å². The van der Waals surface area contributed by atoms with Gasteiger partial charge in [0.05, 0.1) is 34.8 Å². The second-order valence-corrected chi connectivity index (χ2v) is 9.74. The third-order valence-corrected chi connectivity index (χ3v) is 7.85. The van der Waals surface area contributed by atoms with E-state index in [4.69, 9.17) is 4.74 Å². The zero-order chi connectivity index (χ0) is 24.6. The highest BCUT2D eigenvalue weighted by Crippen LogP contribution is 2.44. The minimum Gasteiger partial charge on any atom is -0.497 e. The Morgan fingerprint density at radius 3 is 2.36 bits per heavy atom. The van der Waals surface area contributed by atoms with Crippen LogP contribution in [0.3, 0.4) is 0 Å². The lowest BCUT2D eigenvalue weighted by Gasteiger charge is -2.27. The van der Waals surface area contributed by atoms with E-state index in [0.717, 1.165) is 88.5 Å². The smallest absolute Gasteiger partial charge is 0.259 e. The molecule has 0 spiro atoms. The van der Waals surface area contributed by atoms with Crippen LogP contribution in [0.25, 0.3) is 43.5 Å². The molecule has 2 aliphatic heterocycles. The third kappa shape index (κ3) is 2.88. The molecule has 8 heteroatoms. The number of imide groups is 1. The van der Waals surface area contributed by atoms with Crippen LogP contribution in [0.2, 0.25) is 0 Å². The highest BCUT2D eigenvalue weighted by atomic mass is 16.5. The molecule has 0 bridgehead atoms. The summed E-state index contributed by atoms with van der Waals surface area (Å²) in [5.74, 6) is 0.107. The van der Waals surface area contributed by atoms with E-state index < -0.39 is 0 Å². The van der Waals surface area contributed by atoms with E-state index in [1.54, 1.807) is 7.11 Å². The molecule has 36 heavy (non-hydrogen) atoms. The van der Waals surface area contributed by atoms with Gasteiger partial charge in [-0.15, -0.1) is 0 Å². The van der Waals surface area contributed by atoms with Gasteiger partial charge in [-0.3, -0.25) is 19.8 Å². The third-order valence-electron chi connectivity index (χ3n) is 7.85. The van der Waals surface area contributed by atoms with Crippen molar-refractivity contribution in [2.45, 2.75) is 6.54 Å². The number of aryl methyl sites for hydroxylation is 1. The molecule has 1 saturated heterocycles. The lowest BCUT2D eigenvalue weighted by molar-refractivity contribution is 0.0880. The topological polar surface area (TPSA) is 80.5 Å². The molecule has 5 aromatic rings. The highest BCUT2D eigenvalue weighted by molar-refractivity contribution is 6.39. The van der Waals surface area contributed by atoms with Gasteiger partial charge in [-0.2, -0.15) is 0 Å². The van der Waals surface area contributed by atoms with E-state index in [2.05, 4.69) is 32.2 Å². The molecule has 2 amide bonds. The van der Waals surface area contributed by atoms with Crippen LogP contribution in [-0.4, -0.2) is 65.7 Å². The predicted molar refractivity (Wildman–Crippen MR) is 141 cm³/mol. The van der Waals surface area contributed by atoms with Crippen LogP contribution < -0.4 is 15.4 Å². The number of rotatable bonds is 4. The molecule has 2 aliphatic rings. The molecule has 4 heterocycles. The van der Waals surface area contributed by atoms with E-state index in [9.17, 15) is 9.59 Å². The van der Waals surface area contributed by atoms with Gasteiger partial charge in [0.1, 0.15) is 5.75 Å². The SMILES string of the molecule is COc1ccc2c3c4c(c5c(ccc6ccn(C)c65)c3n(CCN3CCNCC3)c2c1)C(=O)NC4=O. The summed E-state index contributed by atoms with van der Waals surface area (Å²) < 4.78 is 9.94. The molecule has 0 unspecified atom stereocenters. The van der Waals surface area contributed by atoms with Gasteiger partial charge in [-0.25, -0.2) is 0 Å². The number of benzene rings is 3. The Morgan fingerprint density at radius 1 is 0.889 bits per heavy atom. The van der Waals surface area contributed by atoms with Crippen molar-refractivity contribution in [3.8, 4) is 5.75 Å². The first-order valence-corrected chi connectivity index (χ1v) is 12.4. The first kappa shape index (κ1) is 21.4. The van der Waals surface area contributed by atoms with Crippen molar-refractivity contribution in [3.63, 3.8) is 0 Å². The molecule has 0 atom stereocenters. The summed E-state index contributed by atoms with van der Waals surface area (Å²) in [7, 11) is 3.65. The maximum absolute atomic E-state index is 13.3. The average molecular weight is 482 g/mol. The number of fused-ring (bicyclic) bond motifs is 10. The minimum absolute atomic E-state index is 0.328. The number of methoxy groups -OCH3 is 1. The molecular weight excluding hydrogens is 454 g/mol. The number of ether oxygens (including phenoxy) is 1. The second kappa shape index (κ2) is 7.81. The number of carbonyl (C=O) groups excluding carboxylic acids is 2. The van der Waals surface area contributed by atoms with Crippen molar-refractivity contribution in [3.05, 3.63) is 53.7 Å². The maximum Gasteiger partial charge on any atom is 0.259 e. The zero-order valence-electron chi connectivity index (χ0n) is 20.4. The van der Waals surface area contributed by atoms with Crippen LogP contribution in [0.5, 0.6) is 5.75 Å². The van der Waals surface area contributed by atoms with Crippen molar-refractivity contribution in [1.82, 2.24) is 24.7 Å². The zero-order valence-corrected chi connectivity index (χ0v) is 20.4. The molecule has 1 fully saturated rings. The molecule has 182 valence electrons. The van der Waals surface area contributed by atoms with Crippen LogP contribution in [-0.2, 0) is 13.6 Å². The van der Waals surface area contributed by atoms with Gasteiger partial charge >= 0.3 is 0 Å². The molecule has 0 aliphatic carbocycles. The van der Waals surface area contributed by atoms with Gasteiger partial charge in [0.15, 0.2) is 0 Å². The lowest BCUT2D eigenvalue weighted by atomic mass is 9.93. The Hall–Kier alpha value is -3.88. The summed E-state index contributed by atoms with van der Waals surface area (Å²) in [4.78, 5) is 29.0. The Morgan fingerprint density at radius 2 is 1.61 bits per heavy atom. The number of nitrogens with zero attached hydrogens (tertiary/aromatic N) is 3. The quantitative estimate of drug-likeness (QED) is 0.385. The Balaban J connectivity index is 1.63. The summed E-state index contributed by atoms with van der Waals surface area (Å²) >= 11 is 0. The maximum atomic E-state index is 13.3. The molecule has 7 rings (SSSR count). The monoisotopic (exact) mass is 481 g/mol. The van der Waals surface area contributed by atoms with Gasteiger partial charge in [-0.05, 0) is 18.2 Å². The number of carbonyl (C=O) groups is 2. The summed E-state index contributed by atoms with van der Waals surface area (Å²) in [6, 6.07) is 12.2. The Bertz CT molecular complexity index is 1740. The highest BCUT2D eigenvalue weighted by Gasteiger charge is 2.35. The summed E-state index contributed by atoms with van der Waals surface area (Å²) in [5, 5.41) is 10.7. The van der Waals surface area contributed by atoms with Gasteiger partial charge < -0.3 is 19.2 Å². The number of hydrogen-bond donors (Lipinski definition) is 2. The van der Waals surface area contributed by atoms with Gasteiger partial charge in [0.2, 0.25) is 0 Å². The summed E-state index contributed by atoms with van der Waals surface area (Å²) in [5.41, 5.74) is 3.93. The fourth-order valence-corrected chi connectivity index (χ4v) is 6.17. The summed E-state index contributed by atoms with van der Waals surface area (Å²) in [6.45, 7) is 5.67. The summed E-state index contributed by atoms with van der Waals surface area (Å²) in [6.07, 6.45) is 2.00. The van der Waals surface area contributed by atoms with E-state index in [0.29, 0.717) is 11.1 Å². The van der Waals surface area contributed by atoms with Crippen LogP contribution in [0.4, 0.5) is 0 Å². The van der Waals surface area contributed by atoms with Crippen LogP contribution in [0.15, 0.2) is 42.6 Å². The van der Waals surface area contributed by atoms with E-state index >= 15 is 0 Å². The Labute approximate surface area is 207 Å². The number of aromatic nitrogens is 2. The molecule has 2 N–H and O–H groups in total. The largest absolute Gasteiger partial charge is 0.497 e. The molecule has 3 aromatic carbocycles. The van der Waals surface area contributed by atoms with Crippen LogP contribution >= 0.6 is 0 Å². The second-order valence-electron chi connectivity index (χ2n) is 9.74. The van der Waals surface area contributed by atoms with E-state index in [1.165, 1.54) is 0 Å². The number of amides is 2. The van der Waals surface area contributed by atoms with Gasteiger partial charge in [-0.1, -0.05) is 12.1 Å². The molecule has 0 radical (unpaired) electrons. The van der Waals surface area contributed by atoms with Crippen LogP contribution in [0, 0.1) is 0 Å². The van der Waals surface area contributed by atoms with Crippen molar-refractivity contribution in [1.29, 1.82) is 0 Å². The van der Waals surface area contributed by atoms with Gasteiger partial charge in [0, 0.05) is 85.5 Å². The van der Waals surface area contributed by atoms with Crippen molar-refractivity contribution < 1.29 is 14.3 Å². The molecule has 0 saturated carbocycles. The molecular formula is C28H27N5O3. The van der Waals surface area contributed by atoms with Crippen molar-refractivity contribution >= 4 is 55.3 Å². The lowest BCUT2D eigenvalue weighted by Crippen LogP contribution is -2.44. The van der Waals surface area contributed by atoms with Gasteiger partial charge in [0.25, 0.3) is 11.8 Å². The first-order valence-electron chi connectivity index (χ1n) is 12.4. The Kier molecular flexibility index (Phi) is 4.64.